The number of carboxylic acid groups (broad SMARTS) is 1. The Labute approximate surface area is 82.9 Å². The third-order valence-electron chi connectivity index (χ3n) is 2.75. The monoisotopic (exact) mass is 200 g/mol. The second-order valence-corrected chi connectivity index (χ2v) is 3.70. The summed E-state index contributed by atoms with van der Waals surface area (Å²) in [6, 6.07) is -1.24. The summed E-state index contributed by atoms with van der Waals surface area (Å²) < 4.78 is 0. The number of nitrogens with zero attached hydrogens (tertiary/aromatic N) is 1. The Bertz CT molecular complexity index is 236. The van der Waals surface area contributed by atoms with E-state index in [4.69, 9.17) is 10.8 Å². The lowest BCUT2D eigenvalue weighted by Crippen LogP contribution is -2.49. The molecule has 5 nitrogen and oxygen atoms in total. The molecule has 80 valence electrons. The lowest BCUT2D eigenvalue weighted by Gasteiger charge is -2.25. The van der Waals surface area contributed by atoms with Gasteiger partial charge in [-0.3, -0.25) is 4.79 Å². The van der Waals surface area contributed by atoms with Gasteiger partial charge in [-0.1, -0.05) is 12.8 Å². The summed E-state index contributed by atoms with van der Waals surface area (Å²) in [6.07, 6.45) is 4.11. The second-order valence-electron chi connectivity index (χ2n) is 3.70. The van der Waals surface area contributed by atoms with Gasteiger partial charge in [-0.2, -0.15) is 0 Å². The molecule has 1 amide bonds. The molecule has 14 heavy (non-hydrogen) atoms. The van der Waals surface area contributed by atoms with Gasteiger partial charge in [0.1, 0.15) is 0 Å². The van der Waals surface area contributed by atoms with Crippen molar-refractivity contribution in [3.8, 4) is 0 Å². The predicted molar refractivity (Wildman–Crippen MR) is 50.6 cm³/mol. The molecule has 1 rings (SSSR count). The van der Waals surface area contributed by atoms with E-state index >= 15 is 0 Å². The van der Waals surface area contributed by atoms with Gasteiger partial charge in [0.15, 0.2) is 6.04 Å². The quantitative estimate of drug-likeness (QED) is 0.618. The Hall–Kier alpha value is -1.10. The number of nitrogens with two attached hydrogens (primary N) is 1. The van der Waals surface area contributed by atoms with Crippen LogP contribution in [0.15, 0.2) is 0 Å². The molecule has 1 aliphatic rings. The minimum absolute atomic E-state index is 0.174. The van der Waals surface area contributed by atoms with Crippen LogP contribution in [0.5, 0.6) is 0 Å². The number of hydrogen-bond donors (Lipinski definition) is 2. The highest BCUT2D eigenvalue weighted by Gasteiger charge is 2.30. The number of carbonyl (C=O) groups is 2. The van der Waals surface area contributed by atoms with Gasteiger partial charge in [-0.05, 0) is 12.8 Å². The number of carbonyl (C=O) groups excluding carboxylic acids is 1. The lowest BCUT2D eigenvalue weighted by molar-refractivity contribution is -0.146. The molecule has 0 bridgehead atoms. The van der Waals surface area contributed by atoms with Gasteiger partial charge < -0.3 is 15.7 Å². The predicted octanol–water partition coefficient (Wildman–Crippen LogP) is -0.201. The Morgan fingerprint density at radius 1 is 1.43 bits per heavy atom. The molecular weight excluding hydrogens is 184 g/mol. The Kier molecular flexibility index (Phi) is 3.46. The average Bonchev–Trinajstić information content (AvgIpc) is 2.67. The molecule has 1 atom stereocenters. The molecule has 0 aromatic rings. The fraction of sp³-hybridized carbons (Fsp3) is 0.778. The van der Waals surface area contributed by atoms with E-state index in [2.05, 4.69) is 0 Å². The van der Waals surface area contributed by atoms with Gasteiger partial charge in [0, 0.05) is 13.1 Å². The van der Waals surface area contributed by atoms with Crippen molar-refractivity contribution in [3.05, 3.63) is 0 Å². The zero-order chi connectivity index (χ0) is 10.7. The van der Waals surface area contributed by atoms with E-state index in [-0.39, 0.29) is 6.04 Å². The van der Waals surface area contributed by atoms with Crippen LogP contribution in [-0.4, -0.2) is 41.0 Å². The average molecular weight is 200 g/mol. The molecule has 0 heterocycles. The molecule has 1 saturated carbocycles. The van der Waals surface area contributed by atoms with Crippen molar-refractivity contribution >= 4 is 11.9 Å². The summed E-state index contributed by atoms with van der Waals surface area (Å²) >= 11 is 0. The number of likely N-dealkylation sites (N-methyl/N-ethyl adjacent to an activating group) is 1. The van der Waals surface area contributed by atoms with Crippen molar-refractivity contribution in [1.82, 2.24) is 4.90 Å². The summed E-state index contributed by atoms with van der Waals surface area (Å²) in [4.78, 5) is 23.5. The van der Waals surface area contributed by atoms with Crippen LogP contribution in [0.4, 0.5) is 0 Å². The van der Waals surface area contributed by atoms with E-state index in [1.54, 1.807) is 7.05 Å². The van der Waals surface area contributed by atoms with E-state index in [1.165, 1.54) is 4.90 Å². The van der Waals surface area contributed by atoms with Crippen LogP contribution >= 0.6 is 0 Å². The van der Waals surface area contributed by atoms with Crippen molar-refractivity contribution in [2.75, 3.05) is 7.05 Å². The molecule has 1 fully saturated rings. The zero-order valence-electron chi connectivity index (χ0n) is 8.27. The van der Waals surface area contributed by atoms with Crippen LogP contribution in [0.1, 0.15) is 25.7 Å². The highest BCUT2D eigenvalue weighted by Crippen LogP contribution is 2.22. The van der Waals surface area contributed by atoms with Crippen molar-refractivity contribution in [1.29, 1.82) is 0 Å². The van der Waals surface area contributed by atoms with E-state index in [9.17, 15) is 9.59 Å². The molecule has 5 heteroatoms. The fourth-order valence-electron chi connectivity index (χ4n) is 1.80. The number of aliphatic carboxylic acids is 1. The molecule has 1 aliphatic carbocycles. The highest BCUT2D eigenvalue weighted by atomic mass is 16.4. The van der Waals surface area contributed by atoms with Crippen LogP contribution < -0.4 is 5.73 Å². The Morgan fingerprint density at radius 2 is 1.93 bits per heavy atom. The minimum atomic E-state index is -1.42. The molecule has 0 aliphatic heterocycles. The molecule has 1 unspecified atom stereocenters. The number of hydrogen-bond acceptors (Lipinski definition) is 3. The minimum Gasteiger partial charge on any atom is -0.480 e. The zero-order valence-corrected chi connectivity index (χ0v) is 8.27. The number of carboxylic acids is 1. The second kappa shape index (κ2) is 4.41. The van der Waals surface area contributed by atoms with Gasteiger partial charge in [0.25, 0.3) is 5.91 Å². The van der Waals surface area contributed by atoms with Crippen molar-refractivity contribution in [2.45, 2.75) is 37.8 Å². The summed E-state index contributed by atoms with van der Waals surface area (Å²) in [5.41, 5.74) is 5.24. The van der Waals surface area contributed by atoms with E-state index in [1.807, 2.05) is 0 Å². The normalized spacial score (nSPS) is 19.3. The van der Waals surface area contributed by atoms with Crippen molar-refractivity contribution in [2.24, 2.45) is 5.73 Å². The van der Waals surface area contributed by atoms with Crippen molar-refractivity contribution < 1.29 is 14.7 Å². The van der Waals surface area contributed by atoms with E-state index in [0.29, 0.717) is 0 Å². The third-order valence-corrected chi connectivity index (χ3v) is 2.75. The maximum Gasteiger partial charge on any atom is 0.330 e. The molecule has 0 saturated heterocycles. The fourth-order valence-corrected chi connectivity index (χ4v) is 1.80. The maximum atomic E-state index is 11.5. The number of amides is 1. The lowest BCUT2D eigenvalue weighted by atomic mass is 10.2. The topological polar surface area (TPSA) is 83.6 Å². The van der Waals surface area contributed by atoms with Gasteiger partial charge in [-0.25, -0.2) is 4.79 Å². The summed E-state index contributed by atoms with van der Waals surface area (Å²) in [5.74, 6) is -1.76. The van der Waals surface area contributed by atoms with E-state index in [0.717, 1.165) is 25.7 Å². The first-order valence-corrected chi connectivity index (χ1v) is 4.79. The highest BCUT2D eigenvalue weighted by molar-refractivity contribution is 6.00. The molecule has 0 aromatic carbocycles. The van der Waals surface area contributed by atoms with E-state index < -0.39 is 17.9 Å². The molecular formula is C9H16N2O3. The summed E-state index contributed by atoms with van der Waals surface area (Å²) in [6.45, 7) is 0. The van der Waals surface area contributed by atoms with Gasteiger partial charge >= 0.3 is 5.97 Å². The van der Waals surface area contributed by atoms with Crippen LogP contribution in [0, 0.1) is 0 Å². The standard InChI is InChI=1S/C9H16N2O3/c1-11(6-4-2-3-5-6)8(12)7(10)9(13)14/h6-7H,2-5,10H2,1H3,(H,13,14). The molecule has 3 N–H and O–H groups in total. The van der Waals surface area contributed by atoms with Crippen LogP contribution in [0.25, 0.3) is 0 Å². The van der Waals surface area contributed by atoms with Crippen LogP contribution in [0.3, 0.4) is 0 Å². The smallest absolute Gasteiger partial charge is 0.330 e. The Balaban J connectivity index is 2.54. The number of rotatable bonds is 3. The molecule has 0 radical (unpaired) electrons. The first-order valence-electron chi connectivity index (χ1n) is 4.79. The first-order chi connectivity index (χ1) is 6.54. The van der Waals surface area contributed by atoms with Gasteiger partial charge in [-0.15, -0.1) is 0 Å². The first kappa shape index (κ1) is 11.0. The summed E-state index contributed by atoms with van der Waals surface area (Å²) in [7, 11) is 1.63. The molecule has 0 spiro atoms. The molecule has 0 aromatic heterocycles. The van der Waals surface area contributed by atoms with Gasteiger partial charge in [0.2, 0.25) is 0 Å². The SMILES string of the molecule is CN(C(=O)C(N)C(=O)O)C1CCCC1. The largest absolute Gasteiger partial charge is 0.480 e. The summed E-state index contributed by atoms with van der Waals surface area (Å²) in [5, 5.41) is 8.57. The van der Waals surface area contributed by atoms with Crippen molar-refractivity contribution in [3.63, 3.8) is 0 Å². The Morgan fingerprint density at radius 3 is 2.36 bits per heavy atom. The van der Waals surface area contributed by atoms with Gasteiger partial charge in [0.05, 0.1) is 0 Å². The van der Waals surface area contributed by atoms with Crippen LogP contribution in [-0.2, 0) is 9.59 Å². The third kappa shape index (κ3) is 2.23. The maximum absolute atomic E-state index is 11.5. The van der Waals surface area contributed by atoms with Crippen LogP contribution in [0.2, 0.25) is 0 Å².